The highest BCUT2D eigenvalue weighted by atomic mass is 35.5. The fourth-order valence-corrected chi connectivity index (χ4v) is 4.30. The van der Waals surface area contributed by atoms with E-state index in [1.54, 1.807) is 42.5 Å². The van der Waals surface area contributed by atoms with Gasteiger partial charge in [0.15, 0.2) is 11.5 Å². The van der Waals surface area contributed by atoms with Gasteiger partial charge in [0.25, 0.3) is 5.56 Å². The second-order valence-corrected chi connectivity index (χ2v) is 8.62. The summed E-state index contributed by atoms with van der Waals surface area (Å²) in [5, 5.41) is 3.80. The summed E-state index contributed by atoms with van der Waals surface area (Å²) in [4.78, 5) is 38.9. The van der Waals surface area contributed by atoms with Crippen LogP contribution in [0.3, 0.4) is 0 Å². The number of hydrogen-bond donors (Lipinski definition) is 1. The highest BCUT2D eigenvalue weighted by molar-refractivity contribution is 6.30. The van der Waals surface area contributed by atoms with E-state index in [0.29, 0.717) is 34.0 Å². The lowest BCUT2D eigenvalue weighted by Gasteiger charge is -2.14. The minimum atomic E-state index is -0.475. The van der Waals surface area contributed by atoms with Crippen molar-refractivity contribution in [3.05, 3.63) is 104 Å². The van der Waals surface area contributed by atoms with E-state index < -0.39 is 11.2 Å². The predicted octanol–water partition coefficient (Wildman–Crippen LogP) is 3.30. The molecule has 0 unspecified atom stereocenters. The summed E-state index contributed by atoms with van der Waals surface area (Å²) in [5.41, 5.74) is 1.32. The molecule has 0 saturated carbocycles. The van der Waals surface area contributed by atoms with Gasteiger partial charge < -0.3 is 14.8 Å². The van der Waals surface area contributed by atoms with Crippen LogP contribution in [-0.2, 0) is 24.4 Å². The summed E-state index contributed by atoms with van der Waals surface area (Å²) in [6.07, 6.45) is -0.0186. The molecule has 2 heterocycles. The van der Waals surface area contributed by atoms with Crippen molar-refractivity contribution in [1.29, 1.82) is 0 Å². The summed E-state index contributed by atoms with van der Waals surface area (Å²) in [5.74, 6) is 1.04. The summed E-state index contributed by atoms with van der Waals surface area (Å²) in [6, 6.07) is 19.6. The van der Waals surface area contributed by atoms with E-state index in [1.165, 1.54) is 4.57 Å². The summed E-state index contributed by atoms with van der Waals surface area (Å²) >= 11 is 6.11. The lowest BCUT2D eigenvalue weighted by molar-refractivity contribution is -0.121. The molecule has 4 aromatic rings. The molecule has 3 aromatic carbocycles. The van der Waals surface area contributed by atoms with Crippen LogP contribution >= 0.6 is 11.6 Å². The van der Waals surface area contributed by atoms with Crippen molar-refractivity contribution >= 4 is 28.4 Å². The van der Waals surface area contributed by atoms with Crippen LogP contribution < -0.4 is 26.0 Å². The molecule has 1 aliphatic rings. The Morgan fingerprint density at radius 1 is 0.914 bits per heavy atom. The van der Waals surface area contributed by atoms with Gasteiger partial charge in [-0.1, -0.05) is 41.9 Å². The summed E-state index contributed by atoms with van der Waals surface area (Å²) < 4.78 is 13.3. The van der Waals surface area contributed by atoms with Crippen LogP contribution in [0, 0.1) is 0 Å². The number of rotatable bonds is 7. The first-order chi connectivity index (χ1) is 17.0. The molecule has 35 heavy (non-hydrogen) atoms. The molecule has 178 valence electrons. The van der Waals surface area contributed by atoms with Gasteiger partial charge in [-0.2, -0.15) is 0 Å². The molecular formula is C26H22ClN3O5. The smallest absolute Gasteiger partial charge is 0.331 e. The number of carbonyl (C=O) groups excluding carboxylic acids is 1. The second kappa shape index (κ2) is 9.68. The maximum absolute atomic E-state index is 13.3. The number of amides is 1. The molecule has 1 N–H and O–H groups in total. The number of carbonyl (C=O) groups is 1. The quantitative estimate of drug-likeness (QED) is 0.428. The zero-order valence-corrected chi connectivity index (χ0v) is 19.5. The first-order valence-electron chi connectivity index (χ1n) is 11.1. The zero-order chi connectivity index (χ0) is 24.4. The van der Waals surface area contributed by atoms with Crippen LogP contribution in [-0.4, -0.2) is 21.8 Å². The Bertz CT molecular complexity index is 1540. The lowest BCUT2D eigenvalue weighted by Crippen LogP contribution is -2.41. The van der Waals surface area contributed by atoms with Gasteiger partial charge in [0.2, 0.25) is 12.7 Å². The Labute approximate surface area is 205 Å². The zero-order valence-electron chi connectivity index (χ0n) is 18.7. The number of fused-ring (bicyclic) bond motifs is 2. The van der Waals surface area contributed by atoms with E-state index >= 15 is 0 Å². The fraction of sp³-hybridized carbons (Fsp3) is 0.192. The molecule has 0 bridgehead atoms. The molecule has 0 saturated heterocycles. The van der Waals surface area contributed by atoms with Crippen LogP contribution in [0.1, 0.15) is 17.5 Å². The molecule has 0 spiro atoms. The number of nitrogens with one attached hydrogen (secondary N) is 1. The standard InChI is InChI=1S/C26H22ClN3O5/c27-19-5-3-4-18(12-19)15-30-21-7-2-1-6-20(21)25(32)29(26(30)33)11-10-24(31)28-14-17-8-9-22-23(13-17)35-16-34-22/h1-9,12-13H,10-11,14-16H2,(H,28,31). The van der Waals surface area contributed by atoms with Crippen molar-refractivity contribution < 1.29 is 14.3 Å². The Morgan fingerprint density at radius 3 is 2.60 bits per heavy atom. The van der Waals surface area contributed by atoms with Crippen molar-refractivity contribution in [3.63, 3.8) is 0 Å². The van der Waals surface area contributed by atoms with Crippen molar-refractivity contribution in [1.82, 2.24) is 14.5 Å². The first-order valence-corrected chi connectivity index (χ1v) is 11.5. The van der Waals surface area contributed by atoms with Gasteiger partial charge in [-0.3, -0.25) is 18.7 Å². The van der Waals surface area contributed by atoms with E-state index in [-0.39, 0.29) is 32.2 Å². The van der Waals surface area contributed by atoms with Crippen molar-refractivity contribution in [2.45, 2.75) is 26.1 Å². The second-order valence-electron chi connectivity index (χ2n) is 8.19. The third-order valence-electron chi connectivity index (χ3n) is 5.85. The molecule has 0 aliphatic carbocycles. The summed E-state index contributed by atoms with van der Waals surface area (Å²) in [7, 11) is 0. The molecule has 5 rings (SSSR count). The number of halogens is 1. The van der Waals surface area contributed by atoms with Crippen molar-refractivity contribution in [3.8, 4) is 11.5 Å². The first kappa shape index (κ1) is 22.7. The SMILES string of the molecule is O=C(CCn1c(=O)c2ccccc2n(Cc2cccc(Cl)c2)c1=O)NCc1ccc2c(c1)OCO2. The predicted molar refractivity (Wildman–Crippen MR) is 132 cm³/mol. The Hall–Kier alpha value is -4.04. The van der Waals surface area contributed by atoms with Crippen LogP contribution in [0.4, 0.5) is 0 Å². The van der Waals surface area contributed by atoms with Gasteiger partial charge in [0, 0.05) is 24.5 Å². The highest BCUT2D eigenvalue weighted by Crippen LogP contribution is 2.32. The van der Waals surface area contributed by atoms with Crippen LogP contribution in [0.2, 0.25) is 5.02 Å². The normalized spacial score (nSPS) is 12.1. The molecule has 0 radical (unpaired) electrons. The van der Waals surface area contributed by atoms with Gasteiger partial charge in [0.1, 0.15) is 0 Å². The van der Waals surface area contributed by atoms with Gasteiger partial charge in [-0.25, -0.2) is 4.79 Å². The summed E-state index contributed by atoms with van der Waals surface area (Å²) in [6.45, 7) is 0.684. The number of nitrogens with zero attached hydrogens (tertiary/aromatic N) is 2. The minimum Gasteiger partial charge on any atom is -0.454 e. The molecule has 1 amide bonds. The van der Waals surface area contributed by atoms with Crippen LogP contribution in [0.25, 0.3) is 10.9 Å². The maximum Gasteiger partial charge on any atom is 0.331 e. The van der Waals surface area contributed by atoms with Gasteiger partial charge >= 0.3 is 5.69 Å². The van der Waals surface area contributed by atoms with E-state index in [4.69, 9.17) is 21.1 Å². The van der Waals surface area contributed by atoms with E-state index in [9.17, 15) is 14.4 Å². The topological polar surface area (TPSA) is 91.6 Å². The number of ether oxygens (including phenoxy) is 2. The molecule has 8 nitrogen and oxygen atoms in total. The van der Waals surface area contributed by atoms with Gasteiger partial charge in [-0.15, -0.1) is 0 Å². The Kier molecular flexibility index (Phi) is 6.29. The largest absolute Gasteiger partial charge is 0.454 e. The number of hydrogen-bond acceptors (Lipinski definition) is 5. The molecular weight excluding hydrogens is 470 g/mol. The van der Waals surface area contributed by atoms with Crippen molar-refractivity contribution in [2.75, 3.05) is 6.79 Å². The molecule has 0 atom stereocenters. The third-order valence-corrected chi connectivity index (χ3v) is 6.09. The van der Waals surface area contributed by atoms with E-state index in [2.05, 4.69) is 5.32 Å². The Balaban J connectivity index is 1.35. The monoisotopic (exact) mass is 491 g/mol. The third kappa shape index (κ3) is 4.79. The molecule has 9 heteroatoms. The minimum absolute atomic E-state index is 0.0186. The van der Waals surface area contributed by atoms with E-state index in [0.717, 1.165) is 15.7 Å². The average molecular weight is 492 g/mol. The van der Waals surface area contributed by atoms with E-state index in [1.807, 2.05) is 24.3 Å². The Morgan fingerprint density at radius 2 is 1.74 bits per heavy atom. The number of benzene rings is 3. The maximum atomic E-state index is 13.3. The fourth-order valence-electron chi connectivity index (χ4n) is 4.09. The molecule has 1 aromatic heterocycles. The van der Waals surface area contributed by atoms with Crippen molar-refractivity contribution in [2.24, 2.45) is 0 Å². The highest BCUT2D eigenvalue weighted by Gasteiger charge is 2.16. The van der Waals surface area contributed by atoms with Gasteiger partial charge in [-0.05, 0) is 47.5 Å². The molecule has 0 fully saturated rings. The van der Waals surface area contributed by atoms with Crippen LogP contribution in [0.5, 0.6) is 11.5 Å². The average Bonchev–Trinajstić information content (AvgIpc) is 3.33. The van der Waals surface area contributed by atoms with Crippen LogP contribution in [0.15, 0.2) is 76.3 Å². The number of aromatic nitrogens is 2. The van der Waals surface area contributed by atoms with Gasteiger partial charge in [0.05, 0.1) is 17.4 Å². The number of para-hydroxylation sites is 1. The molecule has 1 aliphatic heterocycles. The lowest BCUT2D eigenvalue weighted by atomic mass is 10.2.